The molecule has 0 radical (unpaired) electrons. The van der Waals surface area contributed by atoms with E-state index in [4.69, 9.17) is 16.6 Å². The van der Waals surface area contributed by atoms with Crippen molar-refractivity contribution in [3.63, 3.8) is 0 Å². The number of amides is 1. The minimum atomic E-state index is -0.718. The summed E-state index contributed by atoms with van der Waals surface area (Å²) in [5, 5.41) is 6.65. The smallest absolute Gasteiger partial charge is 0.349 e. The number of aryl methyl sites for hydroxylation is 1. The highest BCUT2D eigenvalue weighted by Crippen LogP contribution is 2.26. The molecule has 2 aromatic heterocycles. The molecule has 0 fully saturated rings. The Balaban J connectivity index is 1.52. The van der Waals surface area contributed by atoms with Crippen molar-refractivity contribution in [2.75, 3.05) is 5.32 Å². The fourth-order valence-electron chi connectivity index (χ4n) is 2.60. The van der Waals surface area contributed by atoms with Gasteiger partial charge in [0, 0.05) is 5.39 Å². The van der Waals surface area contributed by atoms with Crippen LogP contribution in [-0.4, -0.2) is 16.0 Å². The predicted molar refractivity (Wildman–Crippen MR) is 111 cm³/mol. The van der Waals surface area contributed by atoms with Gasteiger partial charge in [0.25, 0.3) is 5.91 Å². The van der Waals surface area contributed by atoms with Crippen molar-refractivity contribution in [1.29, 1.82) is 0 Å². The van der Waals surface area contributed by atoms with Crippen molar-refractivity contribution in [3.8, 4) is 0 Å². The monoisotopic (exact) mass is 395 g/mol. The summed E-state index contributed by atoms with van der Waals surface area (Å²) in [5.74, 6) is -0.635. The van der Waals surface area contributed by atoms with Crippen LogP contribution in [0.1, 0.15) is 15.9 Å². The minimum Gasteiger partial charge on any atom is -0.422 e. The molecule has 4 rings (SSSR count). The average molecular weight is 395 g/mol. The number of rotatable bonds is 2. The molecule has 2 N–H and O–H groups in total. The Hall–Kier alpha value is -3.10. The van der Waals surface area contributed by atoms with Crippen LogP contribution in [0, 0.1) is 6.92 Å². The summed E-state index contributed by atoms with van der Waals surface area (Å²) in [7, 11) is 0. The van der Waals surface area contributed by atoms with Gasteiger partial charge in [0.2, 0.25) is 0 Å². The number of benzene rings is 2. The summed E-state index contributed by atoms with van der Waals surface area (Å²) in [4.78, 5) is 28.9. The number of nitrogens with zero attached hydrogens (tertiary/aromatic N) is 1. The molecule has 0 aliphatic carbocycles. The van der Waals surface area contributed by atoms with Crippen LogP contribution in [0.3, 0.4) is 0 Å². The number of fused-ring (bicyclic) bond motifs is 2. The molecule has 134 valence electrons. The summed E-state index contributed by atoms with van der Waals surface area (Å²) in [6.07, 6.45) is 0. The number of thiocarbonyl (C=S) groups is 1. The fourth-order valence-corrected chi connectivity index (χ4v) is 3.83. The number of anilines is 1. The minimum absolute atomic E-state index is 0.0586. The first-order valence-electron chi connectivity index (χ1n) is 8.02. The maximum Gasteiger partial charge on any atom is 0.349 e. The first kappa shape index (κ1) is 17.3. The molecular formula is C19H13N3O3S2. The second-order valence-corrected chi connectivity index (χ2v) is 7.32. The third-order valence-corrected chi connectivity index (χ3v) is 5.02. The van der Waals surface area contributed by atoms with Crippen molar-refractivity contribution in [3.05, 3.63) is 70.1 Å². The van der Waals surface area contributed by atoms with Gasteiger partial charge in [0.05, 0.1) is 10.2 Å². The van der Waals surface area contributed by atoms with Crippen molar-refractivity contribution in [1.82, 2.24) is 10.3 Å². The summed E-state index contributed by atoms with van der Waals surface area (Å²) >= 11 is 6.60. The van der Waals surface area contributed by atoms with Gasteiger partial charge < -0.3 is 9.73 Å². The van der Waals surface area contributed by atoms with Crippen LogP contribution in [0.4, 0.5) is 5.13 Å². The highest BCUT2D eigenvalue weighted by atomic mass is 32.1. The van der Waals surface area contributed by atoms with E-state index < -0.39 is 11.5 Å². The van der Waals surface area contributed by atoms with Crippen LogP contribution in [-0.2, 0) is 0 Å². The van der Waals surface area contributed by atoms with E-state index in [2.05, 4.69) is 15.6 Å². The summed E-state index contributed by atoms with van der Waals surface area (Å²) < 4.78 is 6.19. The van der Waals surface area contributed by atoms with E-state index in [1.807, 2.05) is 25.1 Å². The third kappa shape index (κ3) is 3.57. The Labute approximate surface area is 162 Å². The van der Waals surface area contributed by atoms with Gasteiger partial charge in [0.15, 0.2) is 10.2 Å². The summed E-state index contributed by atoms with van der Waals surface area (Å²) in [6, 6.07) is 14.4. The van der Waals surface area contributed by atoms with E-state index >= 15 is 0 Å². The van der Waals surface area contributed by atoms with Gasteiger partial charge in [-0.3, -0.25) is 10.1 Å². The first-order valence-corrected chi connectivity index (χ1v) is 9.24. The van der Waals surface area contributed by atoms with E-state index in [9.17, 15) is 9.59 Å². The van der Waals surface area contributed by atoms with E-state index in [-0.39, 0.29) is 10.7 Å². The predicted octanol–water partition coefficient (Wildman–Crippen LogP) is 3.84. The van der Waals surface area contributed by atoms with Crippen molar-refractivity contribution >= 4 is 60.9 Å². The van der Waals surface area contributed by atoms with Crippen LogP contribution in [0.15, 0.2) is 57.7 Å². The maximum absolute atomic E-state index is 12.4. The van der Waals surface area contributed by atoms with Crippen molar-refractivity contribution < 1.29 is 9.21 Å². The molecule has 27 heavy (non-hydrogen) atoms. The number of thiazole rings is 1. The van der Waals surface area contributed by atoms with E-state index in [1.54, 1.807) is 24.3 Å². The van der Waals surface area contributed by atoms with E-state index in [1.165, 1.54) is 17.4 Å². The molecule has 0 spiro atoms. The second kappa shape index (κ2) is 6.90. The van der Waals surface area contributed by atoms with Gasteiger partial charge in [0.1, 0.15) is 11.1 Å². The zero-order valence-electron chi connectivity index (χ0n) is 14.1. The molecular weight excluding hydrogens is 382 g/mol. The number of carbonyl (C=O) groups excluding carboxylic acids is 1. The van der Waals surface area contributed by atoms with Gasteiger partial charge >= 0.3 is 5.63 Å². The quantitative estimate of drug-likeness (QED) is 0.396. The van der Waals surface area contributed by atoms with E-state index in [0.717, 1.165) is 15.8 Å². The third-order valence-electron chi connectivity index (χ3n) is 3.88. The van der Waals surface area contributed by atoms with Crippen LogP contribution in [0.25, 0.3) is 21.2 Å². The number of carbonyl (C=O) groups is 1. The molecule has 2 heterocycles. The highest BCUT2D eigenvalue weighted by Gasteiger charge is 2.15. The number of hydrogen-bond donors (Lipinski definition) is 2. The zero-order valence-corrected chi connectivity index (χ0v) is 15.7. The van der Waals surface area contributed by atoms with Crippen molar-refractivity contribution in [2.24, 2.45) is 0 Å². The highest BCUT2D eigenvalue weighted by molar-refractivity contribution is 7.80. The number of nitrogens with one attached hydrogen (secondary N) is 2. The van der Waals surface area contributed by atoms with Gasteiger partial charge in [-0.25, -0.2) is 9.78 Å². The Kier molecular flexibility index (Phi) is 4.43. The fraction of sp³-hybridized carbons (Fsp3) is 0.0526. The van der Waals surface area contributed by atoms with Gasteiger partial charge in [-0.1, -0.05) is 35.6 Å². The standard InChI is InChI=1S/C19H13N3O3S2/c1-10-6-7-13-15(8-10)27-19(20-13)22-18(26)21-16(23)12-9-11-4-2-3-5-14(11)25-17(12)24/h2-9H,1H3,(H2,20,21,22,23,26). The van der Waals surface area contributed by atoms with Gasteiger partial charge in [-0.2, -0.15) is 0 Å². The molecule has 0 atom stereocenters. The number of hydrogen-bond acceptors (Lipinski definition) is 6. The molecule has 0 bridgehead atoms. The Bertz CT molecular complexity index is 1260. The SMILES string of the molecule is Cc1ccc2nc(NC(=S)NC(=O)c3cc4ccccc4oc3=O)sc2c1. The Morgan fingerprint density at radius 3 is 2.85 bits per heavy atom. The molecule has 0 aliphatic rings. The molecule has 2 aromatic carbocycles. The Morgan fingerprint density at radius 2 is 2.00 bits per heavy atom. The molecule has 0 unspecified atom stereocenters. The Morgan fingerprint density at radius 1 is 1.19 bits per heavy atom. The zero-order chi connectivity index (χ0) is 19.0. The lowest BCUT2D eigenvalue weighted by Crippen LogP contribution is -2.36. The van der Waals surface area contributed by atoms with Crippen LogP contribution in [0.2, 0.25) is 0 Å². The molecule has 0 saturated heterocycles. The second-order valence-electron chi connectivity index (χ2n) is 5.88. The largest absolute Gasteiger partial charge is 0.422 e. The molecule has 0 aliphatic heterocycles. The first-order chi connectivity index (χ1) is 13.0. The van der Waals surface area contributed by atoms with Crippen LogP contribution >= 0.6 is 23.6 Å². The lowest BCUT2D eigenvalue weighted by molar-refractivity contribution is 0.0974. The lowest BCUT2D eigenvalue weighted by Gasteiger charge is -2.07. The lowest BCUT2D eigenvalue weighted by atomic mass is 10.2. The molecule has 8 heteroatoms. The summed E-state index contributed by atoms with van der Waals surface area (Å²) in [5.41, 5.74) is 1.57. The normalized spacial score (nSPS) is 10.9. The van der Waals surface area contributed by atoms with Crippen LogP contribution < -0.4 is 16.3 Å². The topological polar surface area (TPSA) is 84.2 Å². The van der Waals surface area contributed by atoms with E-state index in [0.29, 0.717) is 16.1 Å². The molecule has 6 nitrogen and oxygen atoms in total. The number of para-hydroxylation sites is 1. The summed E-state index contributed by atoms with van der Waals surface area (Å²) in [6.45, 7) is 2.01. The maximum atomic E-state index is 12.4. The molecule has 1 amide bonds. The van der Waals surface area contributed by atoms with Crippen LogP contribution in [0.5, 0.6) is 0 Å². The van der Waals surface area contributed by atoms with Crippen molar-refractivity contribution in [2.45, 2.75) is 6.92 Å². The van der Waals surface area contributed by atoms with Gasteiger partial charge in [-0.15, -0.1) is 0 Å². The average Bonchev–Trinajstić information content (AvgIpc) is 3.01. The number of aromatic nitrogens is 1. The van der Waals surface area contributed by atoms with Gasteiger partial charge in [-0.05, 0) is 49.0 Å². The molecule has 4 aromatic rings. The molecule has 0 saturated carbocycles.